The Hall–Kier alpha value is -0.120. The minimum atomic E-state index is 0.400. The van der Waals surface area contributed by atoms with E-state index < -0.39 is 0 Å². The first kappa shape index (κ1) is 8.48. The highest BCUT2D eigenvalue weighted by atomic mass is 16.5. The van der Waals surface area contributed by atoms with Crippen molar-refractivity contribution < 1.29 is 4.74 Å². The summed E-state index contributed by atoms with van der Waals surface area (Å²) in [6.07, 6.45) is 3.99. The Morgan fingerprint density at radius 2 is 2.25 bits per heavy atom. The molecule has 3 heteroatoms. The number of morpholine rings is 1. The molecule has 1 aliphatic carbocycles. The van der Waals surface area contributed by atoms with Crippen molar-refractivity contribution in [3.63, 3.8) is 0 Å². The average Bonchev–Trinajstić information content (AvgIpc) is 2.03. The third-order valence-corrected chi connectivity index (χ3v) is 3.23. The average molecular weight is 170 g/mol. The van der Waals surface area contributed by atoms with Gasteiger partial charge in [0, 0.05) is 25.2 Å². The van der Waals surface area contributed by atoms with Crippen LogP contribution in [0.1, 0.15) is 19.3 Å². The molecule has 2 fully saturated rings. The van der Waals surface area contributed by atoms with Gasteiger partial charge in [0.1, 0.15) is 0 Å². The second-order valence-corrected chi connectivity index (χ2v) is 3.91. The highest BCUT2D eigenvalue weighted by Gasteiger charge is 2.43. The molecule has 1 saturated carbocycles. The molecule has 2 N–H and O–H groups in total. The summed E-state index contributed by atoms with van der Waals surface area (Å²) in [5.74, 6) is 0. The van der Waals surface area contributed by atoms with Gasteiger partial charge in [0.2, 0.25) is 0 Å². The highest BCUT2D eigenvalue weighted by molar-refractivity contribution is 4.99. The molecule has 2 aliphatic rings. The lowest BCUT2D eigenvalue weighted by Crippen LogP contribution is -2.61. The summed E-state index contributed by atoms with van der Waals surface area (Å²) in [4.78, 5) is 2.53. The van der Waals surface area contributed by atoms with Gasteiger partial charge in [-0.15, -0.1) is 0 Å². The zero-order valence-electron chi connectivity index (χ0n) is 7.59. The monoisotopic (exact) mass is 170 g/mol. The number of hydrogen-bond donors (Lipinski definition) is 1. The van der Waals surface area contributed by atoms with Crippen molar-refractivity contribution in [2.45, 2.75) is 24.8 Å². The van der Waals surface area contributed by atoms with Crippen molar-refractivity contribution >= 4 is 0 Å². The maximum atomic E-state index is 5.58. The van der Waals surface area contributed by atoms with E-state index in [1.807, 2.05) is 0 Å². The van der Waals surface area contributed by atoms with Crippen molar-refractivity contribution in [2.75, 3.05) is 32.8 Å². The van der Waals surface area contributed by atoms with E-state index in [0.29, 0.717) is 5.54 Å². The molecule has 0 amide bonds. The normalized spacial score (nSPS) is 28.8. The Bertz CT molecular complexity index is 155. The van der Waals surface area contributed by atoms with Crippen LogP contribution < -0.4 is 5.73 Å². The topological polar surface area (TPSA) is 38.5 Å². The van der Waals surface area contributed by atoms with Crippen LogP contribution in [0, 0.1) is 0 Å². The van der Waals surface area contributed by atoms with E-state index >= 15 is 0 Å². The van der Waals surface area contributed by atoms with Crippen molar-refractivity contribution in [3.8, 4) is 0 Å². The molecule has 1 aliphatic heterocycles. The Morgan fingerprint density at radius 3 is 2.83 bits per heavy atom. The third-order valence-electron chi connectivity index (χ3n) is 3.23. The van der Waals surface area contributed by atoms with Crippen LogP contribution in [-0.4, -0.2) is 43.3 Å². The largest absolute Gasteiger partial charge is 0.378 e. The molecule has 1 heterocycles. The maximum absolute atomic E-state index is 5.58. The standard InChI is InChI=1S/C9H18N2O/c10-4-5-11-6-7-12-8-9(11)2-1-3-9/h1-8,10H2. The van der Waals surface area contributed by atoms with Gasteiger partial charge in [-0.2, -0.15) is 0 Å². The van der Waals surface area contributed by atoms with E-state index in [9.17, 15) is 0 Å². The van der Waals surface area contributed by atoms with Gasteiger partial charge in [0.15, 0.2) is 0 Å². The number of rotatable bonds is 2. The Labute approximate surface area is 73.9 Å². The first-order chi connectivity index (χ1) is 5.87. The van der Waals surface area contributed by atoms with E-state index in [1.165, 1.54) is 19.3 Å². The van der Waals surface area contributed by atoms with Gasteiger partial charge in [-0.1, -0.05) is 0 Å². The van der Waals surface area contributed by atoms with Crippen LogP contribution >= 0.6 is 0 Å². The van der Waals surface area contributed by atoms with Crippen molar-refractivity contribution in [2.24, 2.45) is 5.73 Å². The number of hydrogen-bond acceptors (Lipinski definition) is 3. The molecule has 0 aromatic heterocycles. The van der Waals surface area contributed by atoms with Gasteiger partial charge in [0.25, 0.3) is 0 Å². The maximum Gasteiger partial charge on any atom is 0.0651 e. The second-order valence-electron chi connectivity index (χ2n) is 3.91. The van der Waals surface area contributed by atoms with E-state index in [2.05, 4.69) is 4.90 Å². The minimum absolute atomic E-state index is 0.400. The number of nitrogens with zero attached hydrogens (tertiary/aromatic N) is 1. The molecular weight excluding hydrogens is 152 g/mol. The number of nitrogens with two attached hydrogens (primary N) is 1. The summed E-state index contributed by atoms with van der Waals surface area (Å²) < 4.78 is 5.52. The molecule has 2 rings (SSSR count). The summed E-state index contributed by atoms with van der Waals surface area (Å²) in [6.45, 7) is 4.73. The van der Waals surface area contributed by atoms with Crippen LogP contribution in [-0.2, 0) is 4.74 Å². The molecule has 0 radical (unpaired) electrons. The Balaban J connectivity index is 1.97. The van der Waals surface area contributed by atoms with Gasteiger partial charge >= 0.3 is 0 Å². The molecule has 0 unspecified atom stereocenters. The lowest BCUT2D eigenvalue weighted by molar-refractivity contribution is -0.105. The van der Waals surface area contributed by atoms with Crippen molar-refractivity contribution in [1.82, 2.24) is 4.90 Å². The van der Waals surface area contributed by atoms with Crippen molar-refractivity contribution in [3.05, 3.63) is 0 Å². The molecular formula is C9H18N2O. The summed E-state index contributed by atoms with van der Waals surface area (Å²) in [6, 6.07) is 0. The van der Waals surface area contributed by atoms with E-state index in [1.54, 1.807) is 0 Å². The van der Waals surface area contributed by atoms with Crippen LogP contribution in [0.4, 0.5) is 0 Å². The Kier molecular flexibility index (Phi) is 2.35. The molecule has 3 nitrogen and oxygen atoms in total. The molecule has 0 aromatic rings. The Morgan fingerprint density at radius 1 is 1.42 bits per heavy atom. The fourth-order valence-corrected chi connectivity index (χ4v) is 2.32. The van der Waals surface area contributed by atoms with Gasteiger partial charge in [-0.25, -0.2) is 0 Å². The van der Waals surface area contributed by atoms with E-state index in [-0.39, 0.29) is 0 Å². The van der Waals surface area contributed by atoms with E-state index in [4.69, 9.17) is 10.5 Å². The lowest BCUT2D eigenvalue weighted by Gasteiger charge is -2.52. The SMILES string of the molecule is NCCN1CCOCC12CCC2. The highest BCUT2D eigenvalue weighted by Crippen LogP contribution is 2.39. The number of ether oxygens (including phenoxy) is 1. The molecule has 0 bridgehead atoms. The molecule has 0 atom stereocenters. The summed E-state index contributed by atoms with van der Waals surface area (Å²) >= 11 is 0. The molecule has 70 valence electrons. The predicted molar refractivity (Wildman–Crippen MR) is 48.0 cm³/mol. The van der Waals surface area contributed by atoms with Crippen LogP contribution in [0.2, 0.25) is 0 Å². The molecule has 0 aromatic carbocycles. The minimum Gasteiger partial charge on any atom is -0.378 e. The van der Waals surface area contributed by atoms with Crippen LogP contribution in [0.25, 0.3) is 0 Å². The van der Waals surface area contributed by atoms with Crippen molar-refractivity contribution in [1.29, 1.82) is 0 Å². The van der Waals surface area contributed by atoms with Gasteiger partial charge in [-0.3, -0.25) is 4.90 Å². The fourth-order valence-electron chi connectivity index (χ4n) is 2.32. The van der Waals surface area contributed by atoms with Crippen LogP contribution in [0.5, 0.6) is 0 Å². The predicted octanol–water partition coefficient (Wildman–Crippen LogP) is 0.200. The zero-order chi connectivity index (χ0) is 8.44. The smallest absolute Gasteiger partial charge is 0.0651 e. The first-order valence-electron chi connectivity index (χ1n) is 4.90. The quantitative estimate of drug-likeness (QED) is 0.643. The summed E-state index contributed by atoms with van der Waals surface area (Å²) in [5.41, 5.74) is 5.98. The third kappa shape index (κ3) is 1.26. The summed E-state index contributed by atoms with van der Waals surface area (Å²) in [7, 11) is 0. The zero-order valence-corrected chi connectivity index (χ0v) is 7.59. The second kappa shape index (κ2) is 3.32. The van der Waals surface area contributed by atoms with Gasteiger partial charge in [0.05, 0.1) is 13.2 Å². The van der Waals surface area contributed by atoms with Gasteiger partial charge < -0.3 is 10.5 Å². The first-order valence-corrected chi connectivity index (χ1v) is 4.90. The lowest BCUT2D eigenvalue weighted by atomic mass is 9.75. The summed E-state index contributed by atoms with van der Waals surface area (Å²) in [5, 5.41) is 0. The van der Waals surface area contributed by atoms with Crippen LogP contribution in [0.15, 0.2) is 0 Å². The van der Waals surface area contributed by atoms with Crippen LogP contribution in [0.3, 0.4) is 0 Å². The van der Waals surface area contributed by atoms with E-state index in [0.717, 1.165) is 32.8 Å². The molecule has 12 heavy (non-hydrogen) atoms. The molecule has 1 spiro atoms. The fraction of sp³-hybridized carbons (Fsp3) is 1.00. The molecule has 1 saturated heterocycles. The van der Waals surface area contributed by atoms with Gasteiger partial charge in [-0.05, 0) is 19.3 Å².